The zero-order chi connectivity index (χ0) is 14.5. The van der Waals surface area contributed by atoms with Crippen molar-refractivity contribution in [1.29, 1.82) is 0 Å². The normalized spacial score (nSPS) is 13.6. The second kappa shape index (κ2) is 7.01. The molecular weight excluding hydrogens is 241 g/mol. The topological polar surface area (TPSA) is 21.3 Å². The molecule has 0 radical (unpaired) electrons. The van der Waals surface area contributed by atoms with Crippen molar-refractivity contribution in [3.63, 3.8) is 0 Å². The van der Waals surface area contributed by atoms with Gasteiger partial charge in [-0.25, -0.2) is 4.39 Å². The first-order valence-electron chi connectivity index (χ1n) is 6.87. The van der Waals surface area contributed by atoms with Gasteiger partial charge in [0.1, 0.15) is 5.82 Å². The van der Waals surface area contributed by atoms with Crippen LogP contribution in [0.25, 0.3) is 0 Å². The van der Waals surface area contributed by atoms with Gasteiger partial charge in [-0.05, 0) is 70.3 Å². The third kappa shape index (κ3) is 5.70. The summed E-state index contributed by atoms with van der Waals surface area (Å²) in [4.78, 5) is 0. The van der Waals surface area contributed by atoms with Crippen molar-refractivity contribution < 1.29 is 9.13 Å². The Labute approximate surface area is 116 Å². The summed E-state index contributed by atoms with van der Waals surface area (Å²) < 4.78 is 18.4. The van der Waals surface area contributed by atoms with Crippen LogP contribution in [-0.4, -0.2) is 25.3 Å². The summed E-state index contributed by atoms with van der Waals surface area (Å²) in [5, 5.41) is 3.49. The zero-order valence-electron chi connectivity index (χ0n) is 12.7. The van der Waals surface area contributed by atoms with Crippen LogP contribution in [0.15, 0.2) is 18.2 Å². The monoisotopic (exact) mass is 267 g/mol. The molecule has 0 aromatic heterocycles. The fourth-order valence-corrected chi connectivity index (χ4v) is 2.29. The molecule has 0 fully saturated rings. The minimum Gasteiger partial charge on any atom is -0.379 e. The summed E-state index contributed by atoms with van der Waals surface area (Å²) in [6, 6.07) is 5.39. The standard InChI is InChI=1S/C16H26FNO/c1-12-10-15(17)7-6-14(12)8-9-18-13(2)11-16(3,4)19-5/h6-7,10,13,18H,8-9,11H2,1-5H3. The number of aryl methyl sites for hydroxylation is 1. The molecule has 0 amide bonds. The highest BCUT2D eigenvalue weighted by atomic mass is 19.1. The van der Waals surface area contributed by atoms with E-state index in [-0.39, 0.29) is 11.4 Å². The number of hydrogen-bond acceptors (Lipinski definition) is 2. The molecule has 0 aliphatic rings. The molecule has 0 bridgehead atoms. The number of benzene rings is 1. The van der Waals surface area contributed by atoms with Crippen LogP contribution in [0.1, 0.15) is 38.3 Å². The quantitative estimate of drug-likeness (QED) is 0.816. The van der Waals surface area contributed by atoms with Crippen LogP contribution in [-0.2, 0) is 11.2 Å². The molecule has 1 aromatic carbocycles. The van der Waals surface area contributed by atoms with Crippen molar-refractivity contribution >= 4 is 0 Å². The minimum atomic E-state index is -0.163. The number of halogens is 1. The van der Waals surface area contributed by atoms with E-state index >= 15 is 0 Å². The Bertz CT molecular complexity index is 404. The molecule has 0 spiro atoms. The van der Waals surface area contributed by atoms with E-state index in [9.17, 15) is 4.39 Å². The predicted octanol–water partition coefficient (Wildman–Crippen LogP) is 3.47. The summed E-state index contributed by atoms with van der Waals surface area (Å²) in [5.74, 6) is -0.163. The number of nitrogens with one attached hydrogen (secondary N) is 1. The van der Waals surface area contributed by atoms with Crippen LogP contribution < -0.4 is 5.32 Å². The summed E-state index contributed by atoms with van der Waals surface area (Å²) in [6.45, 7) is 9.20. The van der Waals surface area contributed by atoms with Crippen molar-refractivity contribution in [2.45, 2.75) is 52.2 Å². The first kappa shape index (κ1) is 16.1. The molecular formula is C16H26FNO. The first-order valence-corrected chi connectivity index (χ1v) is 6.87. The summed E-state index contributed by atoms with van der Waals surface area (Å²) >= 11 is 0. The molecule has 3 heteroatoms. The predicted molar refractivity (Wildman–Crippen MR) is 78.0 cm³/mol. The van der Waals surface area contributed by atoms with Crippen molar-refractivity contribution in [1.82, 2.24) is 5.32 Å². The molecule has 1 unspecified atom stereocenters. The first-order chi connectivity index (χ1) is 8.84. The number of hydrogen-bond donors (Lipinski definition) is 1. The Balaban J connectivity index is 2.38. The van der Waals surface area contributed by atoms with Gasteiger partial charge in [0.15, 0.2) is 0 Å². The van der Waals surface area contributed by atoms with Crippen LogP contribution in [0.4, 0.5) is 4.39 Å². The number of methoxy groups -OCH3 is 1. The average Bonchev–Trinajstić information content (AvgIpc) is 2.31. The molecule has 0 aliphatic heterocycles. The lowest BCUT2D eigenvalue weighted by atomic mass is 9.99. The van der Waals surface area contributed by atoms with E-state index in [0.29, 0.717) is 6.04 Å². The highest BCUT2D eigenvalue weighted by Crippen LogP contribution is 2.15. The molecule has 108 valence electrons. The lowest BCUT2D eigenvalue weighted by molar-refractivity contribution is 0.00865. The molecule has 2 nitrogen and oxygen atoms in total. The van der Waals surface area contributed by atoms with Crippen LogP contribution in [0.3, 0.4) is 0 Å². The van der Waals surface area contributed by atoms with Gasteiger partial charge in [-0.15, -0.1) is 0 Å². The number of rotatable bonds is 7. The van der Waals surface area contributed by atoms with E-state index in [0.717, 1.165) is 24.9 Å². The fourth-order valence-electron chi connectivity index (χ4n) is 2.29. The average molecular weight is 267 g/mol. The van der Waals surface area contributed by atoms with E-state index in [1.165, 1.54) is 11.6 Å². The van der Waals surface area contributed by atoms with E-state index < -0.39 is 0 Å². The van der Waals surface area contributed by atoms with Gasteiger partial charge in [0.05, 0.1) is 5.60 Å². The van der Waals surface area contributed by atoms with Crippen molar-refractivity contribution in [2.24, 2.45) is 0 Å². The summed E-state index contributed by atoms with van der Waals surface area (Å²) in [6.07, 6.45) is 1.88. The Morgan fingerprint density at radius 1 is 1.37 bits per heavy atom. The third-order valence-corrected chi connectivity index (χ3v) is 3.54. The van der Waals surface area contributed by atoms with Gasteiger partial charge in [0.25, 0.3) is 0 Å². The highest BCUT2D eigenvalue weighted by molar-refractivity contribution is 5.26. The second-order valence-corrected chi connectivity index (χ2v) is 5.84. The largest absolute Gasteiger partial charge is 0.379 e. The minimum absolute atomic E-state index is 0.0990. The van der Waals surface area contributed by atoms with Crippen LogP contribution >= 0.6 is 0 Å². The molecule has 0 aliphatic carbocycles. The van der Waals surface area contributed by atoms with Gasteiger partial charge in [-0.3, -0.25) is 0 Å². The molecule has 1 aromatic rings. The third-order valence-electron chi connectivity index (χ3n) is 3.54. The van der Waals surface area contributed by atoms with Crippen molar-refractivity contribution in [3.8, 4) is 0 Å². The molecule has 1 N–H and O–H groups in total. The van der Waals surface area contributed by atoms with Crippen molar-refractivity contribution in [3.05, 3.63) is 35.1 Å². The van der Waals surface area contributed by atoms with Crippen LogP contribution in [0.5, 0.6) is 0 Å². The smallest absolute Gasteiger partial charge is 0.123 e. The molecule has 0 saturated heterocycles. The van der Waals surface area contributed by atoms with E-state index in [1.807, 2.05) is 13.0 Å². The maximum atomic E-state index is 13.0. The van der Waals surface area contributed by atoms with E-state index in [2.05, 4.69) is 26.1 Å². The lowest BCUT2D eigenvalue weighted by Crippen LogP contribution is -2.36. The Morgan fingerprint density at radius 3 is 2.63 bits per heavy atom. The van der Waals surface area contributed by atoms with Gasteiger partial charge in [0, 0.05) is 13.2 Å². The molecule has 1 rings (SSSR count). The molecule has 1 atom stereocenters. The molecule has 0 saturated carbocycles. The molecule has 19 heavy (non-hydrogen) atoms. The molecule has 0 heterocycles. The van der Waals surface area contributed by atoms with Gasteiger partial charge in [-0.1, -0.05) is 6.07 Å². The summed E-state index contributed by atoms with van der Waals surface area (Å²) in [7, 11) is 1.74. The van der Waals surface area contributed by atoms with Crippen molar-refractivity contribution in [2.75, 3.05) is 13.7 Å². The Kier molecular flexibility index (Phi) is 5.95. The van der Waals surface area contributed by atoms with Gasteiger partial charge < -0.3 is 10.1 Å². The summed E-state index contributed by atoms with van der Waals surface area (Å²) in [5.41, 5.74) is 2.12. The van der Waals surface area contributed by atoms with Crippen LogP contribution in [0.2, 0.25) is 0 Å². The van der Waals surface area contributed by atoms with E-state index in [1.54, 1.807) is 13.2 Å². The van der Waals surface area contributed by atoms with Crippen LogP contribution in [0, 0.1) is 12.7 Å². The SMILES string of the molecule is COC(C)(C)CC(C)NCCc1ccc(F)cc1C. The second-order valence-electron chi connectivity index (χ2n) is 5.84. The van der Waals surface area contributed by atoms with E-state index in [4.69, 9.17) is 4.74 Å². The Morgan fingerprint density at radius 2 is 2.05 bits per heavy atom. The zero-order valence-corrected chi connectivity index (χ0v) is 12.7. The Hall–Kier alpha value is -0.930. The maximum Gasteiger partial charge on any atom is 0.123 e. The number of ether oxygens (including phenoxy) is 1. The van der Waals surface area contributed by atoms with Gasteiger partial charge in [0.2, 0.25) is 0 Å². The maximum absolute atomic E-state index is 13.0. The fraction of sp³-hybridized carbons (Fsp3) is 0.625. The van der Waals surface area contributed by atoms with Gasteiger partial charge in [-0.2, -0.15) is 0 Å². The van der Waals surface area contributed by atoms with Gasteiger partial charge >= 0.3 is 0 Å². The lowest BCUT2D eigenvalue weighted by Gasteiger charge is -2.27. The highest BCUT2D eigenvalue weighted by Gasteiger charge is 2.19.